The van der Waals surface area contributed by atoms with Gasteiger partial charge in [0.15, 0.2) is 5.82 Å². The van der Waals surface area contributed by atoms with Crippen molar-refractivity contribution in [2.75, 3.05) is 5.32 Å². The standard InChI is InChI=1S/C16H15N5OS/c1-10-8-9-23-14(10)16(22)17-12-4-2-11(3-5-12)15-18-19-20-21(15)13-6-7-13/h2-5,8-9,13H,6-7H2,1H3,(H,17,22). The molecule has 0 unspecified atom stereocenters. The largest absolute Gasteiger partial charge is 0.321 e. The molecule has 23 heavy (non-hydrogen) atoms. The highest BCUT2D eigenvalue weighted by Crippen LogP contribution is 2.36. The van der Waals surface area contributed by atoms with Crippen LogP contribution in [0.3, 0.4) is 0 Å². The molecule has 1 saturated carbocycles. The van der Waals surface area contributed by atoms with Crippen LogP contribution in [-0.4, -0.2) is 26.1 Å². The number of carbonyl (C=O) groups excluding carboxylic acids is 1. The Morgan fingerprint density at radius 2 is 2.04 bits per heavy atom. The van der Waals surface area contributed by atoms with Crippen molar-refractivity contribution < 1.29 is 4.79 Å². The highest BCUT2D eigenvalue weighted by molar-refractivity contribution is 7.12. The molecule has 3 aromatic rings. The van der Waals surface area contributed by atoms with Gasteiger partial charge < -0.3 is 5.32 Å². The van der Waals surface area contributed by atoms with Crippen LogP contribution >= 0.6 is 11.3 Å². The highest BCUT2D eigenvalue weighted by atomic mass is 32.1. The molecule has 6 nitrogen and oxygen atoms in total. The molecule has 1 fully saturated rings. The zero-order valence-electron chi connectivity index (χ0n) is 12.6. The molecule has 1 aromatic carbocycles. The summed E-state index contributed by atoms with van der Waals surface area (Å²) in [5.74, 6) is 0.701. The molecule has 0 atom stereocenters. The average Bonchev–Trinajstić information content (AvgIpc) is 3.12. The predicted molar refractivity (Wildman–Crippen MR) is 88.5 cm³/mol. The smallest absolute Gasteiger partial charge is 0.265 e. The van der Waals surface area contributed by atoms with Gasteiger partial charge in [-0.3, -0.25) is 4.79 Å². The Hall–Kier alpha value is -2.54. The van der Waals surface area contributed by atoms with Crippen LogP contribution in [0.1, 0.15) is 34.1 Å². The molecule has 2 heterocycles. The number of amides is 1. The number of hydrogen-bond acceptors (Lipinski definition) is 5. The first-order valence-corrected chi connectivity index (χ1v) is 8.34. The summed E-state index contributed by atoms with van der Waals surface area (Å²) in [6.07, 6.45) is 2.26. The van der Waals surface area contributed by atoms with E-state index in [0.717, 1.165) is 40.4 Å². The van der Waals surface area contributed by atoms with Crippen molar-refractivity contribution >= 4 is 22.9 Å². The number of tetrazole rings is 1. The number of rotatable bonds is 4. The van der Waals surface area contributed by atoms with Crippen LogP contribution in [0.5, 0.6) is 0 Å². The zero-order chi connectivity index (χ0) is 15.8. The lowest BCUT2D eigenvalue weighted by atomic mass is 10.2. The Kier molecular flexibility index (Phi) is 3.42. The minimum atomic E-state index is -0.0759. The summed E-state index contributed by atoms with van der Waals surface area (Å²) < 4.78 is 1.88. The van der Waals surface area contributed by atoms with E-state index < -0.39 is 0 Å². The van der Waals surface area contributed by atoms with Crippen LogP contribution in [0, 0.1) is 6.92 Å². The Morgan fingerprint density at radius 3 is 2.70 bits per heavy atom. The first-order valence-electron chi connectivity index (χ1n) is 7.46. The fraction of sp³-hybridized carbons (Fsp3) is 0.250. The summed E-state index contributed by atoms with van der Waals surface area (Å²) in [4.78, 5) is 13.0. The maximum absolute atomic E-state index is 12.2. The molecule has 7 heteroatoms. The number of nitrogens with zero attached hydrogens (tertiary/aromatic N) is 4. The lowest BCUT2D eigenvalue weighted by Crippen LogP contribution is -2.11. The van der Waals surface area contributed by atoms with Crippen LogP contribution in [0.2, 0.25) is 0 Å². The highest BCUT2D eigenvalue weighted by Gasteiger charge is 2.28. The summed E-state index contributed by atoms with van der Waals surface area (Å²) in [7, 11) is 0. The minimum Gasteiger partial charge on any atom is -0.321 e. The van der Waals surface area contributed by atoms with E-state index in [0.29, 0.717) is 6.04 Å². The Labute approximate surface area is 137 Å². The molecular formula is C16H15N5OS. The molecule has 0 saturated heterocycles. The minimum absolute atomic E-state index is 0.0759. The molecule has 0 radical (unpaired) electrons. The number of benzene rings is 1. The van der Waals surface area contributed by atoms with Crippen LogP contribution in [0.15, 0.2) is 35.7 Å². The molecule has 2 aromatic heterocycles. The van der Waals surface area contributed by atoms with Crippen molar-refractivity contribution in [1.82, 2.24) is 20.2 Å². The summed E-state index contributed by atoms with van der Waals surface area (Å²) >= 11 is 1.45. The number of aryl methyl sites for hydroxylation is 1. The molecule has 1 aliphatic rings. The maximum atomic E-state index is 12.2. The summed E-state index contributed by atoms with van der Waals surface area (Å²) in [5, 5.41) is 16.8. The van der Waals surface area contributed by atoms with Gasteiger partial charge >= 0.3 is 0 Å². The van der Waals surface area contributed by atoms with Gasteiger partial charge in [0.05, 0.1) is 10.9 Å². The Bertz CT molecular complexity index is 847. The normalized spacial score (nSPS) is 14.0. The van der Waals surface area contributed by atoms with Gasteiger partial charge in [-0.1, -0.05) is 0 Å². The third kappa shape index (κ3) is 2.75. The SMILES string of the molecule is Cc1ccsc1C(=O)Nc1ccc(-c2nnnn2C2CC2)cc1. The number of carbonyl (C=O) groups is 1. The van der Waals surface area contributed by atoms with Crippen molar-refractivity contribution in [3.63, 3.8) is 0 Å². The number of thiophene rings is 1. The lowest BCUT2D eigenvalue weighted by molar-refractivity contribution is 0.103. The molecule has 0 aliphatic heterocycles. The maximum Gasteiger partial charge on any atom is 0.265 e. The molecule has 1 aliphatic carbocycles. The summed E-state index contributed by atoms with van der Waals surface area (Å²) in [6, 6.07) is 9.99. The van der Waals surface area contributed by atoms with Crippen LogP contribution in [0.4, 0.5) is 5.69 Å². The van der Waals surface area contributed by atoms with E-state index in [9.17, 15) is 4.79 Å². The van der Waals surface area contributed by atoms with E-state index in [2.05, 4.69) is 20.8 Å². The van der Waals surface area contributed by atoms with Gasteiger partial charge in [-0.05, 0) is 71.5 Å². The van der Waals surface area contributed by atoms with Gasteiger partial charge in [0.1, 0.15) is 0 Å². The first kappa shape index (κ1) is 14.1. The lowest BCUT2D eigenvalue weighted by Gasteiger charge is -2.06. The predicted octanol–water partition coefficient (Wildman–Crippen LogP) is 3.30. The number of aromatic nitrogens is 4. The van der Waals surface area contributed by atoms with E-state index in [-0.39, 0.29) is 5.91 Å². The van der Waals surface area contributed by atoms with Gasteiger partial charge in [0.25, 0.3) is 5.91 Å². The van der Waals surface area contributed by atoms with Gasteiger partial charge in [-0.25, -0.2) is 4.68 Å². The first-order chi connectivity index (χ1) is 11.2. The van der Waals surface area contributed by atoms with Crippen molar-refractivity contribution in [3.05, 3.63) is 46.2 Å². The second-order valence-corrected chi connectivity index (χ2v) is 6.56. The third-order valence-corrected chi connectivity index (χ3v) is 4.87. The van der Waals surface area contributed by atoms with Gasteiger partial charge in [0.2, 0.25) is 0 Å². The molecule has 4 rings (SSSR count). The van der Waals surface area contributed by atoms with Crippen LogP contribution in [-0.2, 0) is 0 Å². The fourth-order valence-electron chi connectivity index (χ4n) is 2.44. The average molecular weight is 325 g/mol. The molecule has 116 valence electrons. The van der Waals surface area contributed by atoms with E-state index in [1.807, 2.05) is 47.3 Å². The molecule has 1 N–H and O–H groups in total. The van der Waals surface area contributed by atoms with Crippen molar-refractivity contribution in [3.8, 4) is 11.4 Å². The second-order valence-electron chi connectivity index (χ2n) is 5.64. The molecule has 0 bridgehead atoms. The van der Waals surface area contributed by atoms with Crippen LogP contribution < -0.4 is 5.32 Å². The van der Waals surface area contributed by atoms with Crippen molar-refractivity contribution in [1.29, 1.82) is 0 Å². The quantitative estimate of drug-likeness (QED) is 0.799. The number of hydrogen-bond donors (Lipinski definition) is 1. The molecule has 1 amide bonds. The van der Waals surface area contributed by atoms with Crippen LogP contribution in [0.25, 0.3) is 11.4 Å². The second kappa shape index (κ2) is 5.58. The van der Waals surface area contributed by atoms with Gasteiger partial charge in [-0.2, -0.15) is 0 Å². The van der Waals surface area contributed by atoms with E-state index >= 15 is 0 Å². The van der Waals surface area contributed by atoms with Crippen molar-refractivity contribution in [2.45, 2.75) is 25.8 Å². The monoisotopic (exact) mass is 325 g/mol. The topological polar surface area (TPSA) is 72.7 Å². The van der Waals surface area contributed by atoms with E-state index in [1.165, 1.54) is 11.3 Å². The molecule has 0 spiro atoms. The summed E-state index contributed by atoms with van der Waals surface area (Å²) in [6.45, 7) is 1.94. The Morgan fingerprint density at radius 1 is 1.26 bits per heavy atom. The van der Waals surface area contributed by atoms with Gasteiger partial charge in [0, 0.05) is 11.3 Å². The fourth-order valence-corrected chi connectivity index (χ4v) is 3.26. The summed E-state index contributed by atoms with van der Waals surface area (Å²) in [5.41, 5.74) is 2.71. The Balaban J connectivity index is 1.53. The van der Waals surface area contributed by atoms with E-state index in [4.69, 9.17) is 0 Å². The number of anilines is 1. The van der Waals surface area contributed by atoms with Crippen molar-refractivity contribution in [2.24, 2.45) is 0 Å². The van der Waals surface area contributed by atoms with E-state index in [1.54, 1.807) is 0 Å². The molecular weight excluding hydrogens is 310 g/mol. The van der Waals surface area contributed by atoms with Gasteiger partial charge in [-0.15, -0.1) is 16.4 Å². The zero-order valence-corrected chi connectivity index (χ0v) is 13.4. The third-order valence-electron chi connectivity index (χ3n) is 3.85. The number of nitrogens with one attached hydrogen (secondary N) is 1.